The van der Waals surface area contributed by atoms with Crippen molar-refractivity contribution in [3.05, 3.63) is 40.8 Å². The van der Waals surface area contributed by atoms with E-state index in [9.17, 15) is 4.79 Å². The molecule has 1 aromatic heterocycles. The number of benzene rings is 1. The van der Waals surface area contributed by atoms with Gasteiger partial charge in [0.25, 0.3) is 5.56 Å². The maximum atomic E-state index is 12.8. The number of nitrogens with one attached hydrogen (secondary N) is 1. The van der Waals surface area contributed by atoms with Crippen molar-refractivity contribution in [2.45, 2.75) is 6.67 Å². The Kier molecular flexibility index (Phi) is 4.31. The second-order valence-electron chi connectivity index (χ2n) is 5.53. The molecule has 0 saturated carbocycles. The molecule has 1 saturated heterocycles. The minimum atomic E-state index is 0.0190. The molecule has 2 aromatic rings. The van der Waals surface area contributed by atoms with Crippen LogP contribution in [-0.2, 0) is 13.7 Å². The third-order valence-corrected chi connectivity index (χ3v) is 4.10. The summed E-state index contributed by atoms with van der Waals surface area (Å²) in [6.07, 6.45) is 1.88. The quantitative estimate of drug-likeness (QED) is 0.904. The van der Waals surface area contributed by atoms with Crippen LogP contribution in [0.3, 0.4) is 0 Å². The number of piperazine rings is 1. The molecule has 0 bridgehead atoms. The van der Waals surface area contributed by atoms with Crippen LogP contribution >= 0.6 is 0 Å². The van der Waals surface area contributed by atoms with Crippen LogP contribution in [0.4, 0.5) is 0 Å². The zero-order chi connectivity index (χ0) is 15.5. The van der Waals surface area contributed by atoms with Gasteiger partial charge in [0.2, 0.25) is 0 Å². The highest BCUT2D eigenvalue weighted by atomic mass is 16.5. The molecule has 0 amide bonds. The summed E-state index contributed by atoms with van der Waals surface area (Å²) in [6.45, 7) is 4.48. The maximum absolute atomic E-state index is 12.8. The highest BCUT2D eigenvalue weighted by Crippen LogP contribution is 2.27. The Balaban J connectivity index is 1.94. The topological polar surface area (TPSA) is 51.4 Å². The van der Waals surface area contributed by atoms with Gasteiger partial charge in [-0.3, -0.25) is 14.4 Å². The van der Waals surface area contributed by atoms with Crippen molar-refractivity contribution in [3.63, 3.8) is 0 Å². The molecule has 118 valence electrons. The predicted molar refractivity (Wildman–Crippen MR) is 86.1 cm³/mol. The van der Waals surface area contributed by atoms with E-state index in [1.165, 1.54) is 0 Å². The molecule has 0 radical (unpaired) electrons. The number of ether oxygens (including phenoxy) is 1. The summed E-state index contributed by atoms with van der Waals surface area (Å²) in [5.41, 5.74) is 1.53. The van der Waals surface area contributed by atoms with Gasteiger partial charge in [-0.2, -0.15) is 0 Å². The zero-order valence-corrected chi connectivity index (χ0v) is 13.1. The van der Waals surface area contributed by atoms with Crippen LogP contribution in [0, 0.1) is 0 Å². The van der Waals surface area contributed by atoms with Crippen LogP contribution in [0.25, 0.3) is 11.1 Å². The van der Waals surface area contributed by atoms with E-state index in [0.29, 0.717) is 12.2 Å². The smallest absolute Gasteiger partial charge is 0.275 e. The van der Waals surface area contributed by atoms with Gasteiger partial charge in [-0.05, 0) is 6.07 Å². The molecule has 0 aliphatic carbocycles. The molecule has 6 heteroatoms. The molecule has 6 nitrogen and oxygen atoms in total. The second kappa shape index (κ2) is 6.37. The maximum Gasteiger partial charge on any atom is 0.275 e. The van der Waals surface area contributed by atoms with E-state index in [0.717, 1.165) is 37.5 Å². The molecule has 22 heavy (non-hydrogen) atoms. The molecule has 0 spiro atoms. The molecular formula is C16H22N4O2. The lowest BCUT2D eigenvalue weighted by molar-refractivity contribution is 0.171. The van der Waals surface area contributed by atoms with Crippen molar-refractivity contribution >= 4 is 0 Å². The Morgan fingerprint density at radius 1 is 1.18 bits per heavy atom. The summed E-state index contributed by atoms with van der Waals surface area (Å²) in [6, 6.07) is 7.63. The average Bonchev–Trinajstić information content (AvgIpc) is 2.84. The summed E-state index contributed by atoms with van der Waals surface area (Å²) in [5.74, 6) is 0.722. The van der Waals surface area contributed by atoms with Crippen molar-refractivity contribution in [1.82, 2.24) is 19.6 Å². The number of methoxy groups -OCH3 is 1. The van der Waals surface area contributed by atoms with Crippen molar-refractivity contribution in [3.8, 4) is 16.9 Å². The minimum absolute atomic E-state index is 0.0190. The normalized spacial score (nSPS) is 15.9. The van der Waals surface area contributed by atoms with Gasteiger partial charge in [-0.1, -0.05) is 18.2 Å². The second-order valence-corrected chi connectivity index (χ2v) is 5.53. The number of rotatable bonds is 4. The molecule has 1 N–H and O–H groups in total. The van der Waals surface area contributed by atoms with Gasteiger partial charge in [0.1, 0.15) is 5.75 Å². The zero-order valence-electron chi connectivity index (χ0n) is 13.1. The minimum Gasteiger partial charge on any atom is -0.496 e. The van der Waals surface area contributed by atoms with E-state index in [1.54, 1.807) is 11.8 Å². The molecule has 1 aliphatic heterocycles. The van der Waals surface area contributed by atoms with Crippen LogP contribution in [0.2, 0.25) is 0 Å². The number of nitrogens with zero attached hydrogens (tertiary/aromatic N) is 3. The van der Waals surface area contributed by atoms with Crippen LogP contribution in [0.5, 0.6) is 5.75 Å². The molecule has 0 atom stereocenters. The third-order valence-electron chi connectivity index (χ3n) is 4.10. The Labute approximate surface area is 129 Å². The first-order valence-corrected chi connectivity index (χ1v) is 7.53. The van der Waals surface area contributed by atoms with Crippen molar-refractivity contribution in [2.75, 3.05) is 33.3 Å². The summed E-state index contributed by atoms with van der Waals surface area (Å²) >= 11 is 0. The van der Waals surface area contributed by atoms with Crippen LogP contribution in [-0.4, -0.2) is 47.6 Å². The third kappa shape index (κ3) is 2.80. The first kappa shape index (κ1) is 14.9. The van der Waals surface area contributed by atoms with E-state index in [4.69, 9.17) is 4.74 Å². The highest BCUT2D eigenvalue weighted by molar-refractivity contribution is 5.69. The van der Waals surface area contributed by atoms with Crippen molar-refractivity contribution in [1.29, 1.82) is 0 Å². The van der Waals surface area contributed by atoms with E-state index in [-0.39, 0.29) is 5.56 Å². The fourth-order valence-electron chi connectivity index (χ4n) is 2.85. The van der Waals surface area contributed by atoms with Crippen LogP contribution in [0.15, 0.2) is 35.3 Å². The Morgan fingerprint density at radius 2 is 1.91 bits per heavy atom. The molecule has 1 fully saturated rings. The standard InChI is InChI=1S/C16H22N4O2/c1-18-11-14(13-5-3-4-6-15(13)22-2)16(21)20(18)12-19-9-7-17-8-10-19/h3-6,11,17H,7-10,12H2,1-2H3. The van der Waals surface area contributed by atoms with Gasteiger partial charge >= 0.3 is 0 Å². The highest BCUT2D eigenvalue weighted by Gasteiger charge is 2.17. The van der Waals surface area contributed by atoms with E-state index < -0.39 is 0 Å². The SMILES string of the molecule is COc1ccccc1-c1cn(C)n(CN2CCNCC2)c1=O. The fraction of sp³-hybridized carbons (Fsp3) is 0.438. The van der Waals surface area contributed by atoms with Gasteiger partial charge < -0.3 is 10.1 Å². The number of hydrogen-bond donors (Lipinski definition) is 1. The molecule has 2 heterocycles. The Bertz CT molecular complexity index is 698. The lowest BCUT2D eigenvalue weighted by Crippen LogP contribution is -2.45. The summed E-state index contributed by atoms with van der Waals surface area (Å²) in [5, 5.41) is 3.32. The first-order chi connectivity index (χ1) is 10.7. The fourth-order valence-corrected chi connectivity index (χ4v) is 2.85. The summed E-state index contributed by atoms with van der Waals surface area (Å²) < 4.78 is 9.02. The molecule has 0 unspecified atom stereocenters. The van der Waals surface area contributed by atoms with Gasteiger partial charge in [-0.25, -0.2) is 4.68 Å². The molecular weight excluding hydrogens is 280 g/mol. The lowest BCUT2D eigenvalue weighted by atomic mass is 10.1. The van der Waals surface area contributed by atoms with Crippen LogP contribution < -0.4 is 15.6 Å². The van der Waals surface area contributed by atoms with E-state index >= 15 is 0 Å². The van der Waals surface area contributed by atoms with E-state index in [1.807, 2.05) is 42.2 Å². The van der Waals surface area contributed by atoms with Crippen LogP contribution in [0.1, 0.15) is 0 Å². The number of aromatic nitrogens is 2. The van der Waals surface area contributed by atoms with Gasteiger partial charge in [0.05, 0.1) is 19.3 Å². The lowest BCUT2D eigenvalue weighted by Gasteiger charge is -2.27. The molecule has 3 rings (SSSR count). The molecule has 1 aromatic carbocycles. The largest absolute Gasteiger partial charge is 0.496 e. The Hall–Kier alpha value is -2.05. The first-order valence-electron chi connectivity index (χ1n) is 7.53. The number of para-hydroxylation sites is 1. The average molecular weight is 302 g/mol. The van der Waals surface area contributed by atoms with Gasteiger partial charge in [0.15, 0.2) is 0 Å². The Morgan fingerprint density at radius 3 is 2.64 bits per heavy atom. The van der Waals surface area contributed by atoms with Crippen molar-refractivity contribution in [2.24, 2.45) is 7.05 Å². The van der Waals surface area contributed by atoms with E-state index in [2.05, 4.69) is 10.2 Å². The number of hydrogen-bond acceptors (Lipinski definition) is 4. The summed E-state index contributed by atoms with van der Waals surface area (Å²) in [7, 11) is 3.53. The van der Waals surface area contributed by atoms with Gasteiger partial charge in [0, 0.05) is 45.0 Å². The van der Waals surface area contributed by atoms with Gasteiger partial charge in [-0.15, -0.1) is 0 Å². The summed E-state index contributed by atoms with van der Waals surface area (Å²) in [4.78, 5) is 15.1. The number of aryl methyl sites for hydroxylation is 1. The van der Waals surface area contributed by atoms with Crippen molar-refractivity contribution < 1.29 is 4.74 Å². The monoisotopic (exact) mass is 302 g/mol. The predicted octanol–water partition coefficient (Wildman–Crippen LogP) is 0.725. The molecule has 1 aliphatic rings.